The molecule has 10 nitrogen and oxygen atoms in total. The molecule has 24 heavy (non-hydrogen) atoms. The van der Waals surface area contributed by atoms with Gasteiger partial charge in [-0.25, -0.2) is 0 Å². The Balaban J connectivity index is 3.30. The molecule has 0 aromatic carbocycles. The minimum atomic E-state index is -1.37. The Bertz CT molecular complexity index is 477. The van der Waals surface area contributed by atoms with Crippen LogP contribution >= 0.6 is 0 Å². The molecule has 0 aromatic heterocycles. The second-order valence-corrected chi connectivity index (χ2v) is 6.01. The van der Waals surface area contributed by atoms with Gasteiger partial charge in [0.25, 0.3) is 0 Å². The molecule has 1 saturated carbocycles. The Morgan fingerprint density at radius 1 is 0.667 bits per heavy atom. The van der Waals surface area contributed by atoms with Crippen LogP contribution in [0.1, 0.15) is 38.5 Å². The molecule has 0 amide bonds. The summed E-state index contributed by atoms with van der Waals surface area (Å²) in [6.45, 7) is -1.10. The van der Waals surface area contributed by atoms with Crippen molar-refractivity contribution in [2.75, 3.05) is 13.1 Å². The Kier molecular flexibility index (Phi) is 6.67. The average molecular weight is 346 g/mol. The lowest BCUT2D eigenvalue weighted by molar-refractivity contribution is -0.147. The fraction of sp³-hybridized carbons (Fsp3) is 0.714. The first-order valence-electron chi connectivity index (χ1n) is 7.50. The summed E-state index contributed by atoms with van der Waals surface area (Å²) in [5, 5.41) is 41.7. The summed E-state index contributed by atoms with van der Waals surface area (Å²) in [6.07, 6.45) is 0.589. The van der Waals surface area contributed by atoms with E-state index in [-0.39, 0.29) is 12.8 Å². The molecule has 136 valence electrons. The number of nitrogens with one attached hydrogen (secondary N) is 2. The lowest BCUT2D eigenvalue weighted by atomic mass is 9.63. The van der Waals surface area contributed by atoms with Gasteiger partial charge >= 0.3 is 23.9 Å². The van der Waals surface area contributed by atoms with E-state index < -0.39 is 60.9 Å². The van der Waals surface area contributed by atoms with Crippen molar-refractivity contribution in [1.82, 2.24) is 10.6 Å². The Labute approximate surface area is 137 Å². The molecule has 0 radical (unpaired) electrons. The van der Waals surface area contributed by atoms with Gasteiger partial charge in [0.2, 0.25) is 0 Å². The molecule has 10 heteroatoms. The highest BCUT2D eigenvalue weighted by atomic mass is 16.4. The molecule has 0 heterocycles. The van der Waals surface area contributed by atoms with Crippen molar-refractivity contribution < 1.29 is 39.6 Å². The summed E-state index contributed by atoms with van der Waals surface area (Å²) in [5.74, 6) is -4.87. The quantitative estimate of drug-likeness (QED) is 0.298. The maximum Gasteiger partial charge on any atom is 0.317 e. The van der Waals surface area contributed by atoms with Gasteiger partial charge < -0.3 is 20.4 Å². The van der Waals surface area contributed by atoms with Crippen LogP contribution in [-0.4, -0.2) is 68.5 Å². The van der Waals surface area contributed by atoms with Crippen LogP contribution in [0.2, 0.25) is 0 Å². The maximum atomic E-state index is 11.4. The zero-order chi connectivity index (χ0) is 18.4. The van der Waals surface area contributed by atoms with Crippen LogP contribution in [-0.2, 0) is 19.2 Å². The number of carboxylic acid groups (broad SMARTS) is 4. The Morgan fingerprint density at radius 3 is 1.25 bits per heavy atom. The fourth-order valence-corrected chi connectivity index (χ4v) is 3.49. The molecule has 0 bridgehead atoms. The normalized spacial score (nSPS) is 26.7. The third-order valence-electron chi connectivity index (χ3n) is 4.44. The van der Waals surface area contributed by atoms with Crippen LogP contribution in [0.4, 0.5) is 0 Å². The predicted molar refractivity (Wildman–Crippen MR) is 79.7 cm³/mol. The van der Waals surface area contributed by atoms with Gasteiger partial charge in [-0.15, -0.1) is 0 Å². The van der Waals surface area contributed by atoms with Crippen molar-refractivity contribution in [2.24, 2.45) is 0 Å². The topological polar surface area (TPSA) is 173 Å². The van der Waals surface area contributed by atoms with Gasteiger partial charge in [0.15, 0.2) is 0 Å². The molecule has 0 saturated heterocycles. The minimum Gasteiger partial charge on any atom is -0.481 e. The van der Waals surface area contributed by atoms with Crippen LogP contribution in [0, 0.1) is 0 Å². The van der Waals surface area contributed by atoms with Crippen molar-refractivity contribution in [1.29, 1.82) is 0 Å². The van der Waals surface area contributed by atoms with Crippen molar-refractivity contribution in [3.8, 4) is 0 Å². The molecule has 2 unspecified atom stereocenters. The molecule has 6 N–H and O–H groups in total. The lowest BCUT2D eigenvalue weighted by Gasteiger charge is -2.53. The lowest BCUT2D eigenvalue weighted by Crippen LogP contribution is -2.72. The summed E-state index contributed by atoms with van der Waals surface area (Å²) in [7, 11) is 0. The van der Waals surface area contributed by atoms with E-state index in [4.69, 9.17) is 10.2 Å². The SMILES string of the molecule is O=C(O)CNC1(CC(=O)O)CCCCC1(CC(=O)O)NCC(=O)O. The van der Waals surface area contributed by atoms with Gasteiger partial charge in [0.1, 0.15) is 0 Å². The van der Waals surface area contributed by atoms with Gasteiger partial charge in [0.05, 0.1) is 25.9 Å². The van der Waals surface area contributed by atoms with Gasteiger partial charge in [0, 0.05) is 11.1 Å². The molecule has 1 aliphatic carbocycles. The van der Waals surface area contributed by atoms with Crippen LogP contribution in [0.3, 0.4) is 0 Å². The Hall–Kier alpha value is -2.20. The van der Waals surface area contributed by atoms with Crippen molar-refractivity contribution in [3.63, 3.8) is 0 Å². The summed E-state index contributed by atoms with van der Waals surface area (Å²) in [6, 6.07) is 0. The first-order chi connectivity index (χ1) is 11.1. The van der Waals surface area contributed by atoms with E-state index in [0.717, 1.165) is 0 Å². The highest BCUT2D eigenvalue weighted by Crippen LogP contribution is 2.42. The maximum absolute atomic E-state index is 11.4. The molecule has 0 aliphatic heterocycles. The molecular weight excluding hydrogens is 324 g/mol. The summed E-state index contributed by atoms with van der Waals surface area (Å²) < 4.78 is 0. The highest BCUT2D eigenvalue weighted by Gasteiger charge is 2.54. The van der Waals surface area contributed by atoms with Crippen LogP contribution in [0.25, 0.3) is 0 Å². The van der Waals surface area contributed by atoms with E-state index in [1.165, 1.54) is 0 Å². The standard InChI is InChI=1S/C14H22N2O8/c17-9(18)5-13(15-7-11(21)22)3-1-2-4-14(13,6-10(19)20)16-8-12(23)24/h15-16H,1-8H2,(H,17,18)(H,19,20)(H,21,22)(H,23,24). The molecule has 1 rings (SSSR count). The van der Waals surface area contributed by atoms with E-state index >= 15 is 0 Å². The Morgan fingerprint density at radius 2 is 1.00 bits per heavy atom. The number of carboxylic acids is 4. The van der Waals surface area contributed by atoms with Crippen molar-refractivity contribution >= 4 is 23.9 Å². The van der Waals surface area contributed by atoms with Crippen LogP contribution in [0.15, 0.2) is 0 Å². The second kappa shape index (κ2) is 8.06. The van der Waals surface area contributed by atoms with Gasteiger partial charge in [-0.3, -0.25) is 29.8 Å². The summed E-state index contributed by atoms with van der Waals surface area (Å²) >= 11 is 0. The number of rotatable bonds is 10. The fourth-order valence-electron chi connectivity index (χ4n) is 3.49. The van der Waals surface area contributed by atoms with E-state index in [9.17, 15) is 29.4 Å². The smallest absolute Gasteiger partial charge is 0.317 e. The van der Waals surface area contributed by atoms with E-state index in [1.54, 1.807) is 0 Å². The molecular formula is C14H22N2O8. The predicted octanol–water partition coefficient (Wildman–Crippen LogP) is -0.664. The van der Waals surface area contributed by atoms with Gasteiger partial charge in [-0.2, -0.15) is 0 Å². The zero-order valence-electron chi connectivity index (χ0n) is 13.1. The third-order valence-corrected chi connectivity index (χ3v) is 4.44. The highest BCUT2D eigenvalue weighted by molar-refractivity contribution is 5.74. The van der Waals surface area contributed by atoms with Crippen LogP contribution < -0.4 is 10.6 Å². The largest absolute Gasteiger partial charge is 0.481 e. The van der Waals surface area contributed by atoms with Gasteiger partial charge in [-0.05, 0) is 12.8 Å². The first kappa shape index (κ1) is 19.8. The van der Waals surface area contributed by atoms with E-state index in [2.05, 4.69) is 10.6 Å². The monoisotopic (exact) mass is 346 g/mol. The number of aliphatic carboxylic acids is 4. The van der Waals surface area contributed by atoms with E-state index in [0.29, 0.717) is 12.8 Å². The molecule has 1 fully saturated rings. The zero-order valence-corrected chi connectivity index (χ0v) is 13.1. The second-order valence-electron chi connectivity index (χ2n) is 6.01. The van der Waals surface area contributed by atoms with E-state index in [1.807, 2.05) is 0 Å². The molecule has 1 aliphatic rings. The number of hydrogen-bond donors (Lipinski definition) is 6. The molecule has 0 aromatic rings. The summed E-state index contributed by atoms with van der Waals surface area (Å²) in [5.41, 5.74) is -2.74. The van der Waals surface area contributed by atoms with Crippen molar-refractivity contribution in [3.05, 3.63) is 0 Å². The third kappa shape index (κ3) is 4.90. The van der Waals surface area contributed by atoms with Gasteiger partial charge in [-0.1, -0.05) is 12.8 Å². The first-order valence-corrected chi connectivity index (χ1v) is 7.50. The summed E-state index contributed by atoms with van der Waals surface area (Å²) in [4.78, 5) is 44.6. The average Bonchev–Trinajstić information content (AvgIpc) is 2.44. The minimum absolute atomic E-state index is 0.229. The van der Waals surface area contributed by atoms with Crippen molar-refractivity contribution in [2.45, 2.75) is 49.6 Å². The number of hydrogen-bond acceptors (Lipinski definition) is 6. The molecule has 0 spiro atoms. The number of carbonyl (C=O) groups is 4. The van der Waals surface area contributed by atoms with Crippen LogP contribution in [0.5, 0.6) is 0 Å². The molecule has 2 atom stereocenters.